The van der Waals surface area contributed by atoms with Crippen LogP contribution in [-0.4, -0.2) is 43.0 Å². The third-order valence-electron chi connectivity index (χ3n) is 5.39. The van der Waals surface area contributed by atoms with Gasteiger partial charge in [-0.1, -0.05) is 12.1 Å². The van der Waals surface area contributed by atoms with Crippen LogP contribution in [0.15, 0.2) is 42.5 Å². The minimum absolute atomic E-state index is 0.103. The van der Waals surface area contributed by atoms with Crippen molar-refractivity contribution in [3.63, 3.8) is 0 Å². The fraction of sp³-hybridized carbons (Fsp3) is 0.375. The van der Waals surface area contributed by atoms with E-state index < -0.39 is 0 Å². The van der Waals surface area contributed by atoms with E-state index in [0.29, 0.717) is 43.1 Å². The number of hydrogen-bond donors (Lipinski definition) is 2. The molecule has 1 atom stereocenters. The number of nitrogens with zero attached hydrogens (tertiary/aromatic N) is 2. The number of ether oxygens (including phenoxy) is 2. The number of carbonyl (C=O) groups excluding carboxylic acids is 2. The van der Waals surface area contributed by atoms with Gasteiger partial charge in [0.05, 0.1) is 31.4 Å². The fourth-order valence-corrected chi connectivity index (χ4v) is 3.81. The van der Waals surface area contributed by atoms with E-state index in [0.717, 1.165) is 30.6 Å². The molecule has 32 heavy (non-hydrogen) atoms. The van der Waals surface area contributed by atoms with Gasteiger partial charge in [-0.15, -0.1) is 0 Å². The second-order valence-electron chi connectivity index (χ2n) is 7.71. The standard InChI is InChI=1S/C24H28N4O4/c1-31-22-14-17(15-25)9-10-21(22)32-12-4-8-23(29)27-19-6-2-5-18(13-19)16-28-11-3-7-20(28)24(26)30/h2,5-6,9-10,13-14,20H,3-4,7-8,11-12,16H2,1H3,(H2,26,30)(H,27,29). The zero-order valence-corrected chi connectivity index (χ0v) is 18.2. The molecule has 1 fully saturated rings. The van der Waals surface area contributed by atoms with Crippen molar-refractivity contribution in [1.29, 1.82) is 5.26 Å². The van der Waals surface area contributed by atoms with Crippen LogP contribution in [0.1, 0.15) is 36.8 Å². The molecule has 2 aromatic carbocycles. The van der Waals surface area contributed by atoms with E-state index in [9.17, 15) is 9.59 Å². The van der Waals surface area contributed by atoms with Crippen molar-refractivity contribution in [2.24, 2.45) is 5.73 Å². The van der Waals surface area contributed by atoms with Crippen LogP contribution in [0.25, 0.3) is 0 Å². The summed E-state index contributed by atoms with van der Waals surface area (Å²) in [6.07, 6.45) is 2.59. The summed E-state index contributed by atoms with van der Waals surface area (Å²) in [4.78, 5) is 26.0. The van der Waals surface area contributed by atoms with E-state index >= 15 is 0 Å². The van der Waals surface area contributed by atoms with Crippen LogP contribution >= 0.6 is 0 Å². The Morgan fingerprint density at radius 3 is 2.84 bits per heavy atom. The lowest BCUT2D eigenvalue weighted by Gasteiger charge is -2.22. The first kappa shape index (κ1) is 23.1. The number of likely N-dealkylation sites (tertiary alicyclic amines) is 1. The largest absolute Gasteiger partial charge is 0.493 e. The number of methoxy groups -OCH3 is 1. The molecule has 8 nitrogen and oxygen atoms in total. The molecule has 3 N–H and O–H groups in total. The van der Waals surface area contributed by atoms with E-state index in [1.54, 1.807) is 18.2 Å². The highest BCUT2D eigenvalue weighted by atomic mass is 16.5. The molecule has 3 rings (SSSR count). The number of anilines is 1. The third-order valence-corrected chi connectivity index (χ3v) is 5.39. The van der Waals surface area contributed by atoms with E-state index in [4.69, 9.17) is 20.5 Å². The highest BCUT2D eigenvalue weighted by Gasteiger charge is 2.28. The summed E-state index contributed by atoms with van der Waals surface area (Å²) in [5.41, 5.74) is 7.73. The second kappa shape index (κ2) is 11.2. The topological polar surface area (TPSA) is 118 Å². The van der Waals surface area contributed by atoms with Gasteiger partial charge in [0.25, 0.3) is 0 Å². The third kappa shape index (κ3) is 6.22. The summed E-state index contributed by atoms with van der Waals surface area (Å²) in [5.74, 6) is 0.638. The molecule has 1 aliphatic rings. The lowest BCUT2D eigenvalue weighted by Crippen LogP contribution is -2.39. The maximum absolute atomic E-state index is 12.3. The minimum Gasteiger partial charge on any atom is -0.493 e. The molecule has 1 heterocycles. The van der Waals surface area contributed by atoms with Gasteiger partial charge in [-0.2, -0.15) is 5.26 Å². The van der Waals surface area contributed by atoms with Crippen LogP contribution in [-0.2, 0) is 16.1 Å². The lowest BCUT2D eigenvalue weighted by atomic mass is 10.1. The number of nitrogens with one attached hydrogen (secondary N) is 1. The number of carbonyl (C=O) groups is 2. The van der Waals surface area contributed by atoms with Crippen LogP contribution in [0.5, 0.6) is 11.5 Å². The fourth-order valence-electron chi connectivity index (χ4n) is 3.81. The number of nitrogens with two attached hydrogens (primary N) is 1. The summed E-state index contributed by atoms with van der Waals surface area (Å²) in [5, 5.41) is 11.9. The Morgan fingerprint density at radius 2 is 2.09 bits per heavy atom. The molecule has 1 saturated heterocycles. The van der Waals surface area contributed by atoms with Crippen LogP contribution in [0.4, 0.5) is 5.69 Å². The Bertz CT molecular complexity index is 1000. The van der Waals surface area contributed by atoms with Gasteiger partial charge in [-0.05, 0) is 55.6 Å². The number of primary amides is 1. The lowest BCUT2D eigenvalue weighted by molar-refractivity contribution is -0.122. The number of benzene rings is 2. The Balaban J connectivity index is 1.46. The number of amides is 2. The Hall–Kier alpha value is -3.57. The Kier molecular flexibility index (Phi) is 8.06. The van der Waals surface area contributed by atoms with Gasteiger partial charge in [0, 0.05) is 24.7 Å². The molecule has 1 aliphatic heterocycles. The number of nitriles is 1. The molecule has 8 heteroatoms. The summed E-state index contributed by atoms with van der Waals surface area (Å²) in [6, 6.07) is 14.4. The monoisotopic (exact) mass is 436 g/mol. The van der Waals surface area contributed by atoms with E-state index in [1.807, 2.05) is 24.3 Å². The number of rotatable bonds is 10. The predicted octanol–water partition coefficient (Wildman–Crippen LogP) is 2.81. The van der Waals surface area contributed by atoms with Gasteiger partial charge in [-0.3, -0.25) is 14.5 Å². The normalized spacial score (nSPS) is 15.7. The molecule has 0 bridgehead atoms. The predicted molar refractivity (Wildman–Crippen MR) is 120 cm³/mol. The Morgan fingerprint density at radius 1 is 1.25 bits per heavy atom. The summed E-state index contributed by atoms with van der Waals surface area (Å²) >= 11 is 0. The first-order valence-electron chi connectivity index (χ1n) is 10.6. The van der Waals surface area contributed by atoms with Crippen LogP contribution in [0.2, 0.25) is 0 Å². The van der Waals surface area contributed by atoms with E-state index in [2.05, 4.69) is 16.3 Å². The van der Waals surface area contributed by atoms with Crippen LogP contribution < -0.4 is 20.5 Å². The van der Waals surface area contributed by atoms with Crippen molar-refractivity contribution in [2.75, 3.05) is 25.6 Å². The highest BCUT2D eigenvalue weighted by molar-refractivity contribution is 5.90. The summed E-state index contributed by atoms with van der Waals surface area (Å²) in [6.45, 7) is 1.81. The minimum atomic E-state index is -0.284. The average molecular weight is 437 g/mol. The molecule has 0 aromatic heterocycles. The van der Waals surface area contributed by atoms with Gasteiger partial charge < -0.3 is 20.5 Å². The highest BCUT2D eigenvalue weighted by Crippen LogP contribution is 2.28. The summed E-state index contributed by atoms with van der Waals surface area (Å²) < 4.78 is 10.9. The van der Waals surface area contributed by atoms with Gasteiger partial charge in [-0.25, -0.2) is 0 Å². The van der Waals surface area contributed by atoms with Gasteiger partial charge in [0.1, 0.15) is 0 Å². The maximum atomic E-state index is 12.3. The first-order valence-corrected chi connectivity index (χ1v) is 10.6. The van der Waals surface area contributed by atoms with Crippen molar-refractivity contribution in [1.82, 2.24) is 4.90 Å². The van der Waals surface area contributed by atoms with E-state index in [-0.39, 0.29) is 17.9 Å². The zero-order chi connectivity index (χ0) is 22.9. The molecule has 0 radical (unpaired) electrons. The van der Waals surface area contributed by atoms with E-state index in [1.165, 1.54) is 7.11 Å². The molecular weight excluding hydrogens is 408 g/mol. The van der Waals surface area contributed by atoms with Crippen molar-refractivity contribution in [2.45, 2.75) is 38.3 Å². The van der Waals surface area contributed by atoms with Gasteiger partial charge in [0.2, 0.25) is 11.8 Å². The van der Waals surface area contributed by atoms with Crippen LogP contribution in [0.3, 0.4) is 0 Å². The van der Waals surface area contributed by atoms with Gasteiger partial charge >= 0.3 is 0 Å². The quantitative estimate of drug-likeness (QED) is 0.553. The molecule has 2 amide bonds. The molecule has 0 aliphatic carbocycles. The molecule has 168 valence electrons. The zero-order valence-electron chi connectivity index (χ0n) is 18.2. The molecular formula is C24H28N4O4. The average Bonchev–Trinajstić information content (AvgIpc) is 3.25. The van der Waals surface area contributed by atoms with Crippen molar-refractivity contribution < 1.29 is 19.1 Å². The first-order chi connectivity index (χ1) is 15.5. The molecule has 0 saturated carbocycles. The molecule has 1 unspecified atom stereocenters. The van der Waals surface area contributed by atoms with Crippen LogP contribution in [0, 0.1) is 11.3 Å². The summed E-state index contributed by atoms with van der Waals surface area (Å²) in [7, 11) is 1.52. The smallest absolute Gasteiger partial charge is 0.234 e. The Labute approximate surface area is 187 Å². The maximum Gasteiger partial charge on any atom is 0.234 e. The SMILES string of the molecule is COc1cc(C#N)ccc1OCCCC(=O)Nc1cccc(CN2CCCC2C(N)=O)c1. The van der Waals surface area contributed by atoms with Crippen molar-refractivity contribution >= 4 is 17.5 Å². The van der Waals surface area contributed by atoms with Gasteiger partial charge in [0.15, 0.2) is 11.5 Å². The van der Waals surface area contributed by atoms with Crippen molar-refractivity contribution in [3.05, 3.63) is 53.6 Å². The molecule has 0 spiro atoms. The van der Waals surface area contributed by atoms with Crippen molar-refractivity contribution in [3.8, 4) is 17.6 Å². The number of hydrogen-bond acceptors (Lipinski definition) is 6. The molecule has 2 aromatic rings. The second-order valence-corrected chi connectivity index (χ2v) is 7.71.